The summed E-state index contributed by atoms with van der Waals surface area (Å²) in [6, 6.07) is 11.1. The van der Waals surface area contributed by atoms with Gasteiger partial charge in [-0.3, -0.25) is 4.79 Å². The van der Waals surface area contributed by atoms with Gasteiger partial charge in [0.1, 0.15) is 5.75 Å². The highest BCUT2D eigenvalue weighted by Gasteiger charge is 2.31. The third-order valence-electron chi connectivity index (χ3n) is 3.41. The van der Waals surface area contributed by atoms with Crippen molar-refractivity contribution in [2.24, 2.45) is 0 Å². The van der Waals surface area contributed by atoms with E-state index in [-0.39, 0.29) is 5.56 Å². The molecule has 0 aliphatic carbocycles. The lowest BCUT2D eigenvalue weighted by Crippen LogP contribution is -2.27. The van der Waals surface area contributed by atoms with Crippen molar-refractivity contribution in [3.05, 3.63) is 65.2 Å². The Balaban J connectivity index is 2.19. The van der Waals surface area contributed by atoms with Crippen LogP contribution in [0.3, 0.4) is 0 Å². The minimum Gasteiger partial charge on any atom is -0.496 e. The molecule has 0 aliphatic rings. The number of carbonyl (C=O) groups excluding carboxylic acids is 1. The van der Waals surface area contributed by atoms with Crippen molar-refractivity contribution in [2.75, 3.05) is 7.11 Å². The Labute approximate surface area is 132 Å². The van der Waals surface area contributed by atoms with Gasteiger partial charge in [-0.15, -0.1) is 0 Å². The molecule has 0 spiro atoms. The fourth-order valence-electron chi connectivity index (χ4n) is 2.22. The average Bonchev–Trinajstić information content (AvgIpc) is 2.54. The van der Waals surface area contributed by atoms with Crippen molar-refractivity contribution in [1.29, 1.82) is 0 Å². The monoisotopic (exact) mass is 323 g/mol. The van der Waals surface area contributed by atoms with Crippen molar-refractivity contribution >= 4 is 5.91 Å². The number of alkyl halides is 3. The highest BCUT2D eigenvalue weighted by molar-refractivity contribution is 5.94. The molecule has 0 radical (unpaired) electrons. The molecule has 6 heteroatoms. The summed E-state index contributed by atoms with van der Waals surface area (Å²) in [7, 11) is 1.51. The van der Waals surface area contributed by atoms with E-state index in [0.717, 1.165) is 17.7 Å². The topological polar surface area (TPSA) is 38.3 Å². The van der Waals surface area contributed by atoms with E-state index in [0.29, 0.717) is 5.75 Å². The summed E-state index contributed by atoms with van der Waals surface area (Å²) in [5.74, 6) is 0.0267. The molecule has 23 heavy (non-hydrogen) atoms. The minimum atomic E-state index is -4.48. The first-order valence-corrected chi connectivity index (χ1v) is 6.94. The molecule has 122 valence electrons. The van der Waals surface area contributed by atoms with Crippen LogP contribution in [0.15, 0.2) is 48.5 Å². The quantitative estimate of drug-likeness (QED) is 0.915. The molecule has 0 heterocycles. The van der Waals surface area contributed by atoms with Crippen molar-refractivity contribution in [3.63, 3.8) is 0 Å². The zero-order valence-electron chi connectivity index (χ0n) is 12.6. The first-order chi connectivity index (χ1) is 10.8. The number of nitrogens with one attached hydrogen (secondary N) is 1. The van der Waals surface area contributed by atoms with Gasteiger partial charge in [-0.25, -0.2) is 0 Å². The van der Waals surface area contributed by atoms with Gasteiger partial charge in [0.25, 0.3) is 5.91 Å². The first-order valence-electron chi connectivity index (χ1n) is 6.94. The maximum absolute atomic E-state index is 12.7. The number of carbonyl (C=O) groups is 1. The van der Waals surface area contributed by atoms with Crippen molar-refractivity contribution in [1.82, 2.24) is 5.32 Å². The second kappa shape index (κ2) is 6.73. The van der Waals surface area contributed by atoms with Crippen LogP contribution in [0.4, 0.5) is 13.2 Å². The average molecular weight is 323 g/mol. The first kappa shape index (κ1) is 16.9. The van der Waals surface area contributed by atoms with E-state index < -0.39 is 23.7 Å². The lowest BCUT2D eigenvalue weighted by atomic mass is 10.1. The summed E-state index contributed by atoms with van der Waals surface area (Å²) >= 11 is 0. The Morgan fingerprint density at radius 2 is 1.83 bits per heavy atom. The Morgan fingerprint density at radius 1 is 1.13 bits per heavy atom. The molecule has 3 nitrogen and oxygen atoms in total. The van der Waals surface area contributed by atoms with Crippen molar-refractivity contribution in [3.8, 4) is 5.75 Å². The molecule has 0 saturated heterocycles. The lowest BCUT2D eigenvalue weighted by molar-refractivity contribution is -0.137. The zero-order valence-corrected chi connectivity index (χ0v) is 12.6. The molecule has 0 saturated carbocycles. The zero-order chi connectivity index (χ0) is 17.0. The highest BCUT2D eigenvalue weighted by Crippen LogP contribution is 2.30. The minimum absolute atomic E-state index is 0.0402. The van der Waals surface area contributed by atoms with Crippen LogP contribution in [-0.4, -0.2) is 13.0 Å². The molecule has 1 atom stereocenters. The molecular weight excluding hydrogens is 307 g/mol. The third-order valence-corrected chi connectivity index (χ3v) is 3.41. The van der Waals surface area contributed by atoms with Crippen molar-refractivity contribution < 1.29 is 22.7 Å². The summed E-state index contributed by atoms with van der Waals surface area (Å²) in [6.07, 6.45) is -4.48. The second-order valence-corrected chi connectivity index (χ2v) is 5.02. The number of rotatable bonds is 4. The molecule has 2 rings (SSSR count). The van der Waals surface area contributed by atoms with Crippen LogP contribution in [0.2, 0.25) is 0 Å². The molecule has 2 aromatic rings. The Morgan fingerprint density at radius 3 is 2.48 bits per heavy atom. The number of methoxy groups -OCH3 is 1. The third kappa shape index (κ3) is 4.03. The molecule has 0 aliphatic heterocycles. The summed E-state index contributed by atoms with van der Waals surface area (Å²) < 4.78 is 43.3. The van der Waals surface area contributed by atoms with Gasteiger partial charge >= 0.3 is 6.18 Å². The molecule has 0 aromatic heterocycles. The van der Waals surface area contributed by atoms with Gasteiger partial charge in [-0.05, 0) is 31.2 Å². The second-order valence-electron chi connectivity index (χ2n) is 5.02. The fourth-order valence-corrected chi connectivity index (χ4v) is 2.22. The van der Waals surface area contributed by atoms with E-state index in [1.165, 1.54) is 19.2 Å². The maximum Gasteiger partial charge on any atom is 0.416 e. The standard InChI is InChI=1S/C17H16F3NO2/c1-11(14-8-3-4-9-15(14)23-2)21-16(22)12-6-5-7-13(10-12)17(18,19)20/h3-11H,1-2H3,(H,21,22). The van der Waals surface area contributed by atoms with Gasteiger partial charge in [-0.2, -0.15) is 13.2 Å². The molecular formula is C17H16F3NO2. The Kier molecular flexibility index (Phi) is 4.93. The lowest BCUT2D eigenvalue weighted by Gasteiger charge is -2.17. The van der Waals surface area contributed by atoms with Crippen LogP contribution < -0.4 is 10.1 Å². The van der Waals surface area contributed by atoms with Crippen LogP contribution in [0.25, 0.3) is 0 Å². The maximum atomic E-state index is 12.7. The number of amides is 1. The predicted molar refractivity (Wildman–Crippen MR) is 80.3 cm³/mol. The largest absolute Gasteiger partial charge is 0.496 e. The molecule has 2 aromatic carbocycles. The van der Waals surface area contributed by atoms with Crippen molar-refractivity contribution in [2.45, 2.75) is 19.1 Å². The summed E-state index contributed by atoms with van der Waals surface area (Å²) in [6.45, 7) is 1.74. The SMILES string of the molecule is COc1ccccc1C(C)NC(=O)c1cccc(C(F)(F)F)c1. The van der Waals surface area contributed by atoms with Gasteiger partial charge in [0.15, 0.2) is 0 Å². The number of hydrogen-bond acceptors (Lipinski definition) is 2. The van der Waals surface area contributed by atoms with Gasteiger partial charge in [-0.1, -0.05) is 24.3 Å². The fraction of sp³-hybridized carbons (Fsp3) is 0.235. The number of halogens is 3. The number of benzene rings is 2. The predicted octanol–water partition coefficient (Wildman–Crippen LogP) is 4.21. The molecule has 0 bridgehead atoms. The summed E-state index contributed by atoms with van der Waals surface area (Å²) in [4.78, 5) is 12.2. The van der Waals surface area contributed by atoms with E-state index in [4.69, 9.17) is 4.74 Å². The van der Waals surface area contributed by atoms with Crippen LogP contribution in [0.5, 0.6) is 5.75 Å². The van der Waals surface area contributed by atoms with Crippen LogP contribution in [-0.2, 0) is 6.18 Å². The molecule has 1 amide bonds. The van der Waals surface area contributed by atoms with Crippen LogP contribution in [0, 0.1) is 0 Å². The van der Waals surface area contributed by atoms with E-state index in [9.17, 15) is 18.0 Å². The molecule has 1 N–H and O–H groups in total. The summed E-state index contributed by atoms with van der Waals surface area (Å²) in [5.41, 5.74) is -0.146. The van der Waals surface area contributed by atoms with Gasteiger partial charge in [0.05, 0.1) is 18.7 Å². The van der Waals surface area contributed by atoms with E-state index in [1.807, 2.05) is 0 Å². The normalized spacial score (nSPS) is 12.6. The molecule has 0 fully saturated rings. The van der Waals surface area contributed by atoms with E-state index in [1.54, 1.807) is 31.2 Å². The van der Waals surface area contributed by atoms with Gasteiger partial charge in [0, 0.05) is 11.1 Å². The van der Waals surface area contributed by atoms with Crippen LogP contribution >= 0.6 is 0 Å². The Hall–Kier alpha value is -2.50. The Bertz CT molecular complexity index is 698. The van der Waals surface area contributed by atoms with E-state index >= 15 is 0 Å². The number of ether oxygens (including phenoxy) is 1. The molecule has 1 unspecified atom stereocenters. The number of hydrogen-bond donors (Lipinski definition) is 1. The highest BCUT2D eigenvalue weighted by atomic mass is 19.4. The van der Waals surface area contributed by atoms with Crippen LogP contribution in [0.1, 0.15) is 34.5 Å². The van der Waals surface area contributed by atoms with E-state index in [2.05, 4.69) is 5.32 Å². The number of para-hydroxylation sites is 1. The smallest absolute Gasteiger partial charge is 0.416 e. The summed E-state index contributed by atoms with van der Waals surface area (Å²) in [5, 5.41) is 2.68. The van der Waals surface area contributed by atoms with Gasteiger partial charge in [0.2, 0.25) is 0 Å². The van der Waals surface area contributed by atoms with Gasteiger partial charge < -0.3 is 10.1 Å².